The fourth-order valence-electron chi connectivity index (χ4n) is 2.12. The minimum Gasteiger partial charge on any atom is -0.315 e. The highest BCUT2D eigenvalue weighted by Crippen LogP contribution is 2.08. The van der Waals surface area contributed by atoms with E-state index < -0.39 is 0 Å². The van der Waals surface area contributed by atoms with Crippen molar-refractivity contribution in [2.45, 2.75) is 32.7 Å². The van der Waals surface area contributed by atoms with Crippen LogP contribution in [0.1, 0.15) is 26.0 Å². The molecule has 2 unspecified atom stereocenters. The lowest BCUT2D eigenvalue weighted by Gasteiger charge is -2.27. The van der Waals surface area contributed by atoms with Crippen molar-refractivity contribution < 1.29 is 0 Å². The largest absolute Gasteiger partial charge is 0.315 e. The van der Waals surface area contributed by atoms with Gasteiger partial charge in [0, 0.05) is 37.4 Å². The maximum Gasteiger partial charge on any atom is 0.0416 e. The molecule has 2 atom stereocenters. The summed E-state index contributed by atoms with van der Waals surface area (Å²) in [5, 5.41) is 3.42. The summed E-state index contributed by atoms with van der Waals surface area (Å²) < 4.78 is 0. The SMILES string of the molecule is CCC(C)C(CN(C)CCc1ccccn1)NC. The summed E-state index contributed by atoms with van der Waals surface area (Å²) in [6.45, 7) is 6.72. The normalized spacial score (nSPS) is 14.7. The molecule has 0 bridgehead atoms. The second kappa shape index (κ2) is 8.22. The fourth-order valence-corrected chi connectivity index (χ4v) is 2.12. The highest BCUT2D eigenvalue weighted by atomic mass is 15.1. The third-order valence-electron chi connectivity index (χ3n) is 3.69. The van der Waals surface area contributed by atoms with Crippen molar-refractivity contribution in [3.63, 3.8) is 0 Å². The van der Waals surface area contributed by atoms with E-state index in [9.17, 15) is 0 Å². The molecular formula is C15H27N3. The number of hydrogen-bond donors (Lipinski definition) is 1. The van der Waals surface area contributed by atoms with Crippen LogP contribution >= 0.6 is 0 Å². The fraction of sp³-hybridized carbons (Fsp3) is 0.667. The Balaban J connectivity index is 2.34. The zero-order chi connectivity index (χ0) is 13.4. The van der Waals surface area contributed by atoms with Crippen molar-refractivity contribution in [3.05, 3.63) is 30.1 Å². The number of rotatable bonds is 8. The zero-order valence-corrected chi connectivity index (χ0v) is 12.2. The van der Waals surface area contributed by atoms with E-state index >= 15 is 0 Å². The van der Waals surface area contributed by atoms with Crippen LogP contribution in [0.5, 0.6) is 0 Å². The summed E-state index contributed by atoms with van der Waals surface area (Å²) in [5.74, 6) is 0.715. The number of likely N-dealkylation sites (N-methyl/N-ethyl adjacent to an activating group) is 2. The standard InChI is InChI=1S/C15H27N3/c1-5-13(2)15(16-3)12-18(4)11-9-14-8-6-7-10-17-14/h6-8,10,13,15-16H,5,9,11-12H2,1-4H3. The molecule has 0 saturated heterocycles. The first-order chi connectivity index (χ1) is 8.67. The average molecular weight is 249 g/mol. The summed E-state index contributed by atoms with van der Waals surface area (Å²) in [7, 11) is 4.25. The highest BCUT2D eigenvalue weighted by Gasteiger charge is 2.15. The van der Waals surface area contributed by atoms with Gasteiger partial charge in [-0.15, -0.1) is 0 Å². The molecule has 0 aliphatic carbocycles. The van der Waals surface area contributed by atoms with E-state index in [-0.39, 0.29) is 0 Å². The number of hydrogen-bond acceptors (Lipinski definition) is 3. The first-order valence-corrected chi connectivity index (χ1v) is 6.93. The van der Waals surface area contributed by atoms with E-state index in [1.165, 1.54) is 12.1 Å². The molecule has 1 N–H and O–H groups in total. The monoisotopic (exact) mass is 249 g/mol. The maximum absolute atomic E-state index is 4.36. The smallest absolute Gasteiger partial charge is 0.0416 e. The summed E-state index contributed by atoms with van der Waals surface area (Å²) in [5.41, 5.74) is 1.17. The van der Waals surface area contributed by atoms with Gasteiger partial charge in [-0.1, -0.05) is 26.3 Å². The topological polar surface area (TPSA) is 28.2 Å². The molecule has 0 spiro atoms. The molecule has 102 valence electrons. The molecule has 0 aromatic carbocycles. The number of aromatic nitrogens is 1. The molecule has 1 aromatic rings. The number of nitrogens with zero attached hydrogens (tertiary/aromatic N) is 2. The minimum absolute atomic E-state index is 0.573. The van der Waals surface area contributed by atoms with Crippen molar-refractivity contribution in [3.8, 4) is 0 Å². The Morgan fingerprint density at radius 1 is 1.39 bits per heavy atom. The van der Waals surface area contributed by atoms with Gasteiger partial charge in [-0.05, 0) is 32.1 Å². The Kier molecular flexibility index (Phi) is 6.91. The molecule has 1 rings (SSSR count). The molecule has 3 heteroatoms. The predicted octanol–water partition coefficient (Wildman–Crippen LogP) is 2.19. The van der Waals surface area contributed by atoms with Gasteiger partial charge >= 0.3 is 0 Å². The second-order valence-corrected chi connectivity index (χ2v) is 5.11. The van der Waals surface area contributed by atoms with Gasteiger partial charge in [0.25, 0.3) is 0 Å². The lowest BCUT2D eigenvalue weighted by atomic mass is 9.99. The van der Waals surface area contributed by atoms with Crippen molar-refractivity contribution in [2.24, 2.45) is 5.92 Å². The van der Waals surface area contributed by atoms with Crippen LogP contribution in [0.25, 0.3) is 0 Å². The summed E-state index contributed by atoms with van der Waals surface area (Å²) in [6.07, 6.45) is 4.11. The molecule has 18 heavy (non-hydrogen) atoms. The van der Waals surface area contributed by atoms with Crippen LogP contribution in [0.3, 0.4) is 0 Å². The van der Waals surface area contributed by atoms with Gasteiger partial charge in [0.15, 0.2) is 0 Å². The van der Waals surface area contributed by atoms with Gasteiger partial charge in [-0.3, -0.25) is 4.98 Å². The van der Waals surface area contributed by atoms with E-state index in [1.54, 1.807) is 0 Å². The summed E-state index contributed by atoms with van der Waals surface area (Å²) >= 11 is 0. The van der Waals surface area contributed by atoms with Gasteiger partial charge < -0.3 is 10.2 Å². The Hall–Kier alpha value is -0.930. The average Bonchev–Trinajstić information content (AvgIpc) is 2.42. The van der Waals surface area contributed by atoms with Gasteiger partial charge in [0.1, 0.15) is 0 Å². The van der Waals surface area contributed by atoms with E-state index in [4.69, 9.17) is 0 Å². The Bertz CT molecular complexity index is 313. The molecule has 0 amide bonds. The summed E-state index contributed by atoms with van der Waals surface area (Å²) in [4.78, 5) is 6.75. The molecule has 1 aromatic heterocycles. The molecule has 0 aliphatic rings. The van der Waals surface area contributed by atoms with Crippen molar-refractivity contribution in [2.75, 3.05) is 27.2 Å². The van der Waals surface area contributed by atoms with Gasteiger partial charge in [-0.25, -0.2) is 0 Å². The Morgan fingerprint density at radius 2 is 2.17 bits per heavy atom. The lowest BCUT2D eigenvalue weighted by Crippen LogP contribution is -2.42. The lowest BCUT2D eigenvalue weighted by molar-refractivity contribution is 0.253. The van der Waals surface area contributed by atoms with Gasteiger partial charge in [0.05, 0.1) is 0 Å². The Morgan fingerprint density at radius 3 is 2.72 bits per heavy atom. The highest BCUT2D eigenvalue weighted by molar-refractivity contribution is 5.03. The van der Waals surface area contributed by atoms with Crippen LogP contribution in [-0.4, -0.2) is 43.1 Å². The molecule has 0 aliphatic heterocycles. The third kappa shape index (κ3) is 5.15. The first kappa shape index (κ1) is 15.1. The van der Waals surface area contributed by atoms with Crippen molar-refractivity contribution in [1.29, 1.82) is 0 Å². The van der Waals surface area contributed by atoms with Crippen molar-refractivity contribution >= 4 is 0 Å². The van der Waals surface area contributed by atoms with Crippen LogP contribution in [0.2, 0.25) is 0 Å². The van der Waals surface area contributed by atoms with Gasteiger partial charge in [0.2, 0.25) is 0 Å². The molecule has 1 heterocycles. The van der Waals surface area contributed by atoms with Crippen LogP contribution in [-0.2, 0) is 6.42 Å². The second-order valence-electron chi connectivity index (χ2n) is 5.11. The quantitative estimate of drug-likeness (QED) is 0.765. The van der Waals surface area contributed by atoms with Crippen LogP contribution < -0.4 is 5.32 Å². The molecule has 3 nitrogen and oxygen atoms in total. The Labute approximate surface area is 112 Å². The number of nitrogens with one attached hydrogen (secondary N) is 1. The maximum atomic E-state index is 4.36. The van der Waals surface area contributed by atoms with E-state index in [0.717, 1.165) is 19.5 Å². The van der Waals surface area contributed by atoms with E-state index in [1.807, 2.05) is 12.3 Å². The van der Waals surface area contributed by atoms with E-state index in [0.29, 0.717) is 12.0 Å². The van der Waals surface area contributed by atoms with Crippen LogP contribution in [0.15, 0.2) is 24.4 Å². The van der Waals surface area contributed by atoms with Crippen molar-refractivity contribution in [1.82, 2.24) is 15.2 Å². The van der Waals surface area contributed by atoms with Crippen LogP contribution in [0.4, 0.5) is 0 Å². The predicted molar refractivity (Wildman–Crippen MR) is 77.7 cm³/mol. The summed E-state index contributed by atoms with van der Waals surface area (Å²) in [6, 6.07) is 6.69. The molecular weight excluding hydrogens is 222 g/mol. The van der Waals surface area contributed by atoms with E-state index in [2.05, 4.69) is 55.3 Å². The minimum atomic E-state index is 0.573. The zero-order valence-electron chi connectivity index (χ0n) is 12.2. The van der Waals surface area contributed by atoms with Gasteiger partial charge in [-0.2, -0.15) is 0 Å². The van der Waals surface area contributed by atoms with Crippen LogP contribution in [0, 0.1) is 5.92 Å². The molecule has 0 saturated carbocycles. The third-order valence-corrected chi connectivity index (χ3v) is 3.69. The first-order valence-electron chi connectivity index (χ1n) is 6.93. The molecule has 0 radical (unpaired) electrons. The number of pyridine rings is 1. The molecule has 0 fully saturated rings.